The van der Waals surface area contributed by atoms with Crippen molar-refractivity contribution in [2.45, 2.75) is 27.2 Å². The molecule has 0 bridgehead atoms. The van der Waals surface area contributed by atoms with Crippen LogP contribution in [0.15, 0.2) is 58.2 Å². The number of ether oxygens (including phenoxy) is 3. The van der Waals surface area contributed by atoms with Gasteiger partial charge >= 0.3 is 17.9 Å². The van der Waals surface area contributed by atoms with Crippen LogP contribution in [0.4, 0.5) is 5.69 Å². The fourth-order valence-corrected chi connectivity index (χ4v) is 2.96. The van der Waals surface area contributed by atoms with E-state index >= 15 is 0 Å². The number of rotatable bonds is 8. The molecule has 0 radical (unpaired) electrons. The van der Waals surface area contributed by atoms with Gasteiger partial charge in [-0.2, -0.15) is 0 Å². The molecule has 3 aromatic rings. The fraction of sp³-hybridized carbons (Fsp3) is 0.269. The number of hydrogen-bond acceptors (Lipinski definition) is 8. The second-order valence-electron chi connectivity index (χ2n) is 6.77. The number of carbonyl (C=O) groups is 3. The van der Waals surface area contributed by atoms with E-state index in [1.807, 2.05) is 0 Å². The van der Waals surface area contributed by atoms with Crippen LogP contribution in [-0.4, -0.2) is 48.4 Å². The summed E-state index contributed by atoms with van der Waals surface area (Å²) in [6, 6.07) is 2.36. The smallest absolute Gasteiger partial charge is 0.354 e. The topological polar surface area (TPSA) is 124 Å². The van der Waals surface area contributed by atoms with Crippen LogP contribution in [0.2, 0.25) is 10.0 Å². The van der Waals surface area contributed by atoms with Crippen molar-refractivity contribution >= 4 is 63.4 Å². The summed E-state index contributed by atoms with van der Waals surface area (Å²) in [6.45, 7) is 5.26. The van der Waals surface area contributed by atoms with Crippen molar-refractivity contribution in [3.8, 4) is 0 Å². The van der Waals surface area contributed by atoms with E-state index in [-0.39, 0.29) is 88.1 Å². The summed E-state index contributed by atoms with van der Waals surface area (Å²) in [7, 11) is 0. The summed E-state index contributed by atoms with van der Waals surface area (Å²) in [5.74, 6) is -2.20. The number of aromatic nitrogens is 1. The molecule has 1 heterocycles. The molecule has 0 fully saturated rings. The summed E-state index contributed by atoms with van der Waals surface area (Å²) in [6.07, 6.45) is -0.453. The van der Waals surface area contributed by atoms with Crippen LogP contribution in [-0.2, 0) is 23.8 Å². The Morgan fingerprint density at radius 3 is 2.32 bits per heavy atom. The summed E-state index contributed by atoms with van der Waals surface area (Å²) >= 11 is 11.6. The second kappa shape index (κ2) is 14.8. The van der Waals surface area contributed by atoms with Crippen LogP contribution < -0.4 is 5.43 Å². The third-order valence-corrected chi connectivity index (χ3v) is 4.56. The van der Waals surface area contributed by atoms with Crippen LogP contribution in [0.3, 0.4) is 0 Å². The monoisotopic (exact) mass is 553 g/mol. The largest absolute Gasteiger partial charge is 0.466 e. The summed E-state index contributed by atoms with van der Waals surface area (Å²) in [5, 5.41) is -0.129. The molecule has 0 amide bonds. The molecule has 0 saturated heterocycles. The zero-order chi connectivity index (χ0) is 31.7. The minimum absolute atomic E-state index is 0.0401. The number of aromatic amines is 1. The van der Waals surface area contributed by atoms with E-state index in [0.29, 0.717) is 0 Å². The Kier molecular flexibility index (Phi) is 8.98. The molecule has 0 saturated carbocycles. The summed E-state index contributed by atoms with van der Waals surface area (Å²) in [4.78, 5) is 53.5. The number of nitrogens with one attached hydrogen (secondary N) is 1. The standard InChI is InChI=1S/C14H16ClNO4.C12H10ClNO3/c1-3-19-13(17)9-12(14(18)20-4-2)16-11-7-5-6-10(15)8-11;1-2-17-12(16)10-6-11(15)8-4-3-7(13)5-9(8)14-10/h5-8H,3-4,9H2,1-2H3;3-6H,2H2,1H3,(H,14,15)/i6D,7D,8D;3D,5D. The van der Waals surface area contributed by atoms with Gasteiger partial charge in [0.15, 0.2) is 5.43 Å². The van der Waals surface area contributed by atoms with Gasteiger partial charge in [-0.15, -0.1) is 0 Å². The van der Waals surface area contributed by atoms with Crippen molar-refractivity contribution in [2.24, 2.45) is 4.99 Å². The summed E-state index contributed by atoms with van der Waals surface area (Å²) < 4.78 is 52.8. The number of aliphatic imine (C=N–C) groups is 1. The predicted octanol–water partition coefficient (Wildman–Crippen LogP) is 5.29. The Morgan fingerprint density at radius 1 is 0.973 bits per heavy atom. The Balaban J connectivity index is 0.000000298. The molecular formula is C26H26Cl2N2O7. The van der Waals surface area contributed by atoms with Crippen molar-refractivity contribution in [2.75, 3.05) is 19.8 Å². The van der Waals surface area contributed by atoms with Gasteiger partial charge < -0.3 is 19.2 Å². The minimum Gasteiger partial charge on any atom is -0.466 e. The Bertz CT molecular complexity index is 1610. The van der Waals surface area contributed by atoms with Gasteiger partial charge in [-0.05, 0) is 57.0 Å². The first-order valence-electron chi connectivity index (χ1n) is 13.4. The maximum Gasteiger partial charge on any atom is 0.354 e. The van der Waals surface area contributed by atoms with Crippen molar-refractivity contribution in [3.05, 3.63) is 74.4 Å². The molecule has 1 N–H and O–H groups in total. The highest BCUT2D eigenvalue weighted by molar-refractivity contribution is 6.40. The van der Waals surface area contributed by atoms with Gasteiger partial charge in [0.2, 0.25) is 0 Å². The van der Waals surface area contributed by atoms with E-state index in [0.717, 1.165) is 12.1 Å². The molecule has 0 unspecified atom stereocenters. The molecule has 11 heteroatoms. The fourth-order valence-electron chi connectivity index (χ4n) is 2.67. The molecule has 3 rings (SSSR count). The van der Waals surface area contributed by atoms with Gasteiger partial charge in [-0.1, -0.05) is 29.3 Å². The van der Waals surface area contributed by atoms with Gasteiger partial charge in [-0.25, -0.2) is 14.6 Å². The van der Waals surface area contributed by atoms with E-state index in [1.165, 1.54) is 6.07 Å². The number of H-pyrrole nitrogens is 1. The van der Waals surface area contributed by atoms with E-state index in [4.69, 9.17) is 44.3 Å². The molecule has 1 aromatic heterocycles. The van der Waals surface area contributed by atoms with Crippen LogP contribution in [0, 0.1) is 0 Å². The first kappa shape index (κ1) is 22.5. The molecule has 37 heavy (non-hydrogen) atoms. The van der Waals surface area contributed by atoms with E-state index < -0.39 is 29.8 Å². The Morgan fingerprint density at radius 2 is 1.65 bits per heavy atom. The molecule has 196 valence electrons. The molecule has 0 atom stereocenters. The molecular weight excluding hydrogens is 523 g/mol. The predicted molar refractivity (Wildman–Crippen MR) is 142 cm³/mol. The second-order valence-corrected chi connectivity index (χ2v) is 7.52. The lowest BCUT2D eigenvalue weighted by Crippen LogP contribution is -2.22. The highest BCUT2D eigenvalue weighted by Gasteiger charge is 2.18. The van der Waals surface area contributed by atoms with Crippen molar-refractivity contribution in [1.29, 1.82) is 0 Å². The molecule has 0 aliphatic carbocycles. The molecule has 0 spiro atoms. The molecule has 9 nitrogen and oxygen atoms in total. The molecule has 0 aliphatic heterocycles. The van der Waals surface area contributed by atoms with E-state index in [2.05, 4.69) is 9.98 Å². The zero-order valence-electron chi connectivity index (χ0n) is 25.1. The SMILES string of the molecule is [2H]c1cc([2H])c(N=C(CC(=O)OCC)C(=O)OCC)c([2H])c1Cl.[2H]c1cc2c(=O)cc(C(=O)OCC)[nH]c2c([2H])c1Cl. The highest BCUT2D eigenvalue weighted by Crippen LogP contribution is 2.19. The number of nitrogens with zero attached hydrogens (tertiary/aromatic N) is 1. The van der Waals surface area contributed by atoms with Gasteiger partial charge in [-0.3, -0.25) is 9.59 Å². The number of benzene rings is 2. The van der Waals surface area contributed by atoms with Crippen molar-refractivity contribution in [3.63, 3.8) is 0 Å². The average Bonchev–Trinajstić information content (AvgIpc) is 2.93. The number of carbonyl (C=O) groups excluding carboxylic acids is 3. The lowest BCUT2D eigenvalue weighted by Gasteiger charge is -2.06. The lowest BCUT2D eigenvalue weighted by atomic mass is 10.2. The maximum absolute atomic E-state index is 11.9. The van der Waals surface area contributed by atoms with E-state index in [1.54, 1.807) is 20.8 Å². The first-order valence-corrected chi connectivity index (χ1v) is 11.7. The lowest BCUT2D eigenvalue weighted by molar-refractivity contribution is -0.143. The van der Waals surface area contributed by atoms with Crippen molar-refractivity contribution < 1.29 is 35.4 Å². The number of pyridine rings is 1. The Hall–Kier alpha value is -3.69. The van der Waals surface area contributed by atoms with Gasteiger partial charge in [0.1, 0.15) is 11.4 Å². The third kappa shape index (κ3) is 9.36. The zero-order valence-corrected chi connectivity index (χ0v) is 21.6. The maximum atomic E-state index is 11.9. The van der Waals surface area contributed by atoms with E-state index in [9.17, 15) is 19.2 Å². The Labute approximate surface area is 230 Å². The van der Waals surface area contributed by atoms with Crippen molar-refractivity contribution in [1.82, 2.24) is 4.98 Å². The van der Waals surface area contributed by atoms with Crippen LogP contribution in [0.1, 0.15) is 44.5 Å². The van der Waals surface area contributed by atoms with Gasteiger partial charge in [0.05, 0.1) is 44.3 Å². The minimum atomic E-state index is -0.842. The van der Waals surface area contributed by atoms with Crippen LogP contribution >= 0.6 is 23.2 Å². The third-order valence-electron chi connectivity index (χ3n) is 4.15. The van der Waals surface area contributed by atoms with Gasteiger partial charge in [0, 0.05) is 21.5 Å². The molecule has 0 aliphatic rings. The van der Waals surface area contributed by atoms with Crippen LogP contribution in [0.5, 0.6) is 0 Å². The number of esters is 3. The molecule has 2 aromatic carbocycles. The van der Waals surface area contributed by atoms with Crippen LogP contribution in [0.25, 0.3) is 10.9 Å². The number of fused-ring (bicyclic) bond motifs is 1. The highest BCUT2D eigenvalue weighted by atomic mass is 35.5. The number of hydrogen-bond donors (Lipinski definition) is 1. The number of halogens is 2. The first-order chi connectivity index (χ1) is 19.8. The normalized spacial score (nSPS) is 12.7. The quantitative estimate of drug-likeness (QED) is 0.228. The average molecular weight is 554 g/mol. The summed E-state index contributed by atoms with van der Waals surface area (Å²) in [5.41, 5.74) is -0.881. The van der Waals surface area contributed by atoms with Gasteiger partial charge in [0.25, 0.3) is 0 Å².